The van der Waals surface area contributed by atoms with Crippen molar-refractivity contribution in [2.75, 3.05) is 13.5 Å². The molecule has 0 amide bonds. The summed E-state index contributed by atoms with van der Waals surface area (Å²) in [5.74, 6) is 0. The largest absolute Gasteiger partial charge is 0.319 e. The van der Waals surface area contributed by atoms with Crippen LogP contribution in [0.3, 0.4) is 0 Å². The van der Waals surface area contributed by atoms with Gasteiger partial charge in [-0.25, -0.2) is 0 Å². The number of hydrogen-bond acceptors (Lipinski definition) is 2. The van der Waals surface area contributed by atoms with Crippen LogP contribution < -0.4 is 5.32 Å². The highest BCUT2D eigenvalue weighted by atomic mass is 14.8. The van der Waals surface area contributed by atoms with E-state index < -0.39 is 6.98 Å². The summed E-state index contributed by atoms with van der Waals surface area (Å²) in [6, 6.07) is 3.81. The van der Waals surface area contributed by atoms with Crippen molar-refractivity contribution in [2.45, 2.75) is 6.42 Å². The highest BCUT2D eigenvalue weighted by Gasteiger charge is 1.82. The Labute approximate surface area is 77.6 Å². The summed E-state index contributed by atoms with van der Waals surface area (Å²) < 4.78 is 20.8. The smallest absolute Gasteiger partial charge is 0.0391 e. The first-order chi connectivity index (χ1) is 7.08. The molecule has 0 aliphatic carbocycles. The average molecular weight is 165 g/mol. The topological polar surface area (TPSA) is 24.9 Å². The van der Waals surface area contributed by atoms with E-state index in [1.165, 1.54) is 0 Å². The fourth-order valence-corrected chi connectivity index (χ4v) is 0.849. The van der Waals surface area contributed by atoms with Gasteiger partial charge in [0.25, 0.3) is 0 Å². The van der Waals surface area contributed by atoms with Crippen molar-refractivity contribution in [3.05, 3.63) is 36.2 Å². The first-order valence-electron chi connectivity index (χ1n) is 5.39. The van der Waals surface area contributed by atoms with Gasteiger partial charge in [0.1, 0.15) is 0 Å². The minimum absolute atomic E-state index is 0.452. The SMILES string of the molecule is [2H]C([2H])([2H])NCCC=Cc1cccnc1. The predicted octanol–water partition coefficient (Wildman–Crippen LogP) is 1.70. The zero-order valence-corrected chi connectivity index (χ0v) is 6.83. The molecular formula is C10H14N2. The second-order valence-corrected chi connectivity index (χ2v) is 2.40. The zero-order chi connectivity index (χ0) is 11.1. The van der Waals surface area contributed by atoms with E-state index in [2.05, 4.69) is 10.3 Å². The molecule has 0 bridgehead atoms. The minimum Gasteiger partial charge on any atom is -0.319 e. The fraction of sp³-hybridized carbons (Fsp3) is 0.300. The van der Waals surface area contributed by atoms with Crippen LogP contribution >= 0.6 is 0 Å². The lowest BCUT2D eigenvalue weighted by Crippen LogP contribution is -2.05. The summed E-state index contributed by atoms with van der Waals surface area (Å²) in [5.41, 5.74) is 1.02. The van der Waals surface area contributed by atoms with Crippen molar-refractivity contribution in [1.29, 1.82) is 0 Å². The van der Waals surface area contributed by atoms with Gasteiger partial charge in [-0.15, -0.1) is 0 Å². The van der Waals surface area contributed by atoms with E-state index >= 15 is 0 Å². The van der Waals surface area contributed by atoms with Crippen molar-refractivity contribution in [3.8, 4) is 0 Å². The zero-order valence-electron chi connectivity index (χ0n) is 9.83. The molecule has 12 heavy (non-hydrogen) atoms. The van der Waals surface area contributed by atoms with E-state index in [0.29, 0.717) is 13.0 Å². The molecule has 1 aromatic rings. The molecule has 0 aliphatic rings. The number of nitrogens with one attached hydrogen (secondary N) is 1. The molecular weight excluding hydrogens is 148 g/mol. The van der Waals surface area contributed by atoms with Gasteiger partial charge in [0, 0.05) is 16.5 Å². The maximum absolute atomic E-state index is 6.92. The van der Waals surface area contributed by atoms with Gasteiger partial charge in [0.15, 0.2) is 0 Å². The highest BCUT2D eigenvalue weighted by Crippen LogP contribution is 1.98. The van der Waals surface area contributed by atoms with Crippen molar-refractivity contribution < 1.29 is 4.11 Å². The Morgan fingerprint density at radius 2 is 2.75 bits per heavy atom. The van der Waals surface area contributed by atoms with E-state index in [9.17, 15) is 0 Å². The Kier molecular flexibility index (Phi) is 2.51. The molecule has 0 saturated heterocycles. The monoisotopic (exact) mass is 165 g/mol. The maximum Gasteiger partial charge on any atom is 0.0391 e. The Balaban J connectivity index is 2.24. The van der Waals surface area contributed by atoms with Gasteiger partial charge in [-0.05, 0) is 31.6 Å². The van der Waals surface area contributed by atoms with Crippen LogP contribution in [-0.2, 0) is 0 Å². The Hall–Kier alpha value is -1.15. The third kappa shape index (κ3) is 3.30. The second kappa shape index (κ2) is 5.49. The van der Waals surface area contributed by atoms with Gasteiger partial charge < -0.3 is 5.32 Å². The lowest BCUT2D eigenvalue weighted by Gasteiger charge is -1.92. The summed E-state index contributed by atoms with van der Waals surface area (Å²) in [6.45, 7) is -1.59. The molecule has 0 unspecified atom stereocenters. The van der Waals surface area contributed by atoms with Crippen molar-refractivity contribution >= 4 is 6.08 Å². The average Bonchev–Trinajstić information content (AvgIpc) is 2.17. The number of nitrogens with zero attached hydrogens (tertiary/aromatic N) is 1. The Bertz CT molecular complexity index is 306. The molecule has 0 saturated carbocycles. The molecule has 1 N–H and O–H groups in total. The van der Waals surface area contributed by atoms with E-state index in [1.807, 2.05) is 24.3 Å². The van der Waals surface area contributed by atoms with Crippen molar-refractivity contribution in [2.24, 2.45) is 0 Å². The first kappa shape index (κ1) is 5.49. The van der Waals surface area contributed by atoms with E-state index in [0.717, 1.165) is 5.56 Å². The molecule has 2 nitrogen and oxygen atoms in total. The van der Waals surface area contributed by atoms with Crippen molar-refractivity contribution in [1.82, 2.24) is 10.3 Å². The van der Waals surface area contributed by atoms with Crippen LogP contribution in [0.4, 0.5) is 0 Å². The molecule has 1 aromatic heterocycles. The van der Waals surface area contributed by atoms with Gasteiger partial charge in [-0.3, -0.25) is 4.98 Å². The van der Waals surface area contributed by atoms with Crippen LogP contribution in [0, 0.1) is 0 Å². The Morgan fingerprint density at radius 3 is 3.50 bits per heavy atom. The molecule has 1 rings (SSSR count). The summed E-state index contributed by atoms with van der Waals surface area (Å²) in [7, 11) is 0. The van der Waals surface area contributed by atoms with Crippen LogP contribution in [0.2, 0.25) is 0 Å². The third-order valence-electron chi connectivity index (χ3n) is 1.43. The molecule has 0 spiro atoms. The van der Waals surface area contributed by atoms with Gasteiger partial charge in [-0.2, -0.15) is 0 Å². The molecule has 0 aliphatic heterocycles. The van der Waals surface area contributed by atoms with Gasteiger partial charge in [0.2, 0.25) is 0 Å². The van der Waals surface area contributed by atoms with E-state index in [4.69, 9.17) is 4.11 Å². The second-order valence-electron chi connectivity index (χ2n) is 2.40. The quantitative estimate of drug-likeness (QED) is 0.687. The van der Waals surface area contributed by atoms with Gasteiger partial charge >= 0.3 is 0 Å². The molecule has 0 fully saturated rings. The lowest BCUT2D eigenvalue weighted by molar-refractivity contribution is 0.809. The number of aromatic nitrogens is 1. The van der Waals surface area contributed by atoms with Gasteiger partial charge in [-0.1, -0.05) is 18.2 Å². The summed E-state index contributed by atoms with van der Waals surface area (Å²) in [5, 5.41) is 2.44. The lowest BCUT2D eigenvalue weighted by atomic mass is 10.2. The number of pyridine rings is 1. The number of hydrogen-bond donors (Lipinski definition) is 1. The predicted molar refractivity (Wildman–Crippen MR) is 51.8 cm³/mol. The summed E-state index contributed by atoms with van der Waals surface area (Å²) in [6.07, 6.45) is 8.01. The van der Waals surface area contributed by atoms with Crippen LogP contribution in [0.5, 0.6) is 0 Å². The van der Waals surface area contributed by atoms with Crippen LogP contribution in [0.25, 0.3) is 6.08 Å². The maximum atomic E-state index is 6.92. The van der Waals surface area contributed by atoms with Crippen LogP contribution in [0.15, 0.2) is 30.6 Å². The Morgan fingerprint density at radius 1 is 1.75 bits per heavy atom. The van der Waals surface area contributed by atoms with E-state index in [1.54, 1.807) is 12.4 Å². The first-order valence-corrected chi connectivity index (χ1v) is 3.89. The molecule has 64 valence electrons. The molecule has 1 heterocycles. The molecule has 0 radical (unpaired) electrons. The normalized spacial score (nSPS) is 15.5. The van der Waals surface area contributed by atoms with Crippen molar-refractivity contribution in [3.63, 3.8) is 0 Å². The minimum atomic E-state index is -2.04. The van der Waals surface area contributed by atoms with Crippen LogP contribution in [-0.4, -0.2) is 18.5 Å². The molecule has 0 atom stereocenters. The standard InChI is InChI=1S/C10H14N2/c1-11-7-3-2-5-10-6-4-8-12-9-10/h2,4-6,8-9,11H,3,7H2,1H3/i1D3. The summed E-state index contributed by atoms with van der Waals surface area (Å²) in [4.78, 5) is 3.97. The molecule has 2 heteroatoms. The van der Waals surface area contributed by atoms with E-state index in [-0.39, 0.29) is 0 Å². The number of rotatable bonds is 4. The summed E-state index contributed by atoms with van der Waals surface area (Å²) >= 11 is 0. The highest BCUT2D eigenvalue weighted by molar-refractivity contribution is 5.47. The third-order valence-corrected chi connectivity index (χ3v) is 1.43. The molecule has 0 aromatic carbocycles. The van der Waals surface area contributed by atoms with Gasteiger partial charge in [0.05, 0.1) is 0 Å². The van der Waals surface area contributed by atoms with Crippen LogP contribution in [0.1, 0.15) is 16.1 Å². The fourth-order valence-electron chi connectivity index (χ4n) is 0.849.